The highest BCUT2D eigenvalue weighted by molar-refractivity contribution is 5.32. The molecule has 0 aromatic heterocycles. The minimum Gasteiger partial charge on any atom is -0.491 e. The normalized spacial score (nSPS) is 17.8. The third-order valence-corrected chi connectivity index (χ3v) is 5.37. The highest BCUT2D eigenvalue weighted by Gasteiger charge is 2.22. The average molecular weight is 384 g/mol. The molecule has 1 saturated heterocycles. The van der Waals surface area contributed by atoms with Crippen LogP contribution in [0.1, 0.15) is 35.1 Å². The molecule has 1 heterocycles. The van der Waals surface area contributed by atoms with Gasteiger partial charge in [-0.2, -0.15) is 0 Å². The van der Waals surface area contributed by atoms with Gasteiger partial charge in [0.25, 0.3) is 0 Å². The van der Waals surface area contributed by atoms with E-state index in [0.29, 0.717) is 13.2 Å². The van der Waals surface area contributed by atoms with Crippen molar-refractivity contribution in [2.45, 2.75) is 52.4 Å². The Morgan fingerprint density at radius 2 is 1.96 bits per heavy atom. The molecule has 1 aliphatic heterocycles. The van der Waals surface area contributed by atoms with Crippen molar-refractivity contribution in [1.29, 1.82) is 0 Å². The first-order chi connectivity index (χ1) is 13.5. The number of hydrogen-bond acceptors (Lipinski definition) is 4. The molecule has 28 heavy (non-hydrogen) atoms. The Balaban J connectivity index is 1.61. The van der Waals surface area contributed by atoms with Crippen LogP contribution in [0.3, 0.4) is 0 Å². The summed E-state index contributed by atoms with van der Waals surface area (Å²) in [5, 5.41) is 10.6. The fraction of sp³-hybridized carbons (Fsp3) is 0.500. The number of para-hydroxylation sites is 1. The molecular formula is C24H33NO3. The maximum Gasteiger partial charge on any atom is 0.122 e. The number of nitrogens with zero attached hydrogens (tertiary/aromatic N) is 1. The Hall–Kier alpha value is -1.88. The van der Waals surface area contributed by atoms with Gasteiger partial charge in [0.15, 0.2) is 0 Å². The molecule has 0 aliphatic carbocycles. The van der Waals surface area contributed by atoms with E-state index in [0.717, 1.165) is 43.9 Å². The first kappa shape index (κ1) is 20.8. The van der Waals surface area contributed by atoms with Crippen molar-refractivity contribution in [3.8, 4) is 5.75 Å². The maximum absolute atomic E-state index is 10.6. The SMILES string of the molecule is Cc1ccc(CN(C[C@H](O)COc2ccccc2C)C[C@@H]2CCCO2)c(C)c1. The summed E-state index contributed by atoms with van der Waals surface area (Å²) >= 11 is 0. The maximum atomic E-state index is 10.6. The summed E-state index contributed by atoms with van der Waals surface area (Å²) in [4.78, 5) is 2.31. The number of ether oxygens (including phenoxy) is 2. The molecule has 0 bridgehead atoms. The fourth-order valence-electron chi connectivity index (χ4n) is 3.80. The zero-order valence-corrected chi connectivity index (χ0v) is 17.4. The quantitative estimate of drug-likeness (QED) is 0.710. The molecule has 2 aromatic rings. The number of rotatable bonds is 9. The highest BCUT2D eigenvalue weighted by Crippen LogP contribution is 2.19. The van der Waals surface area contributed by atoms with Gasteiger partial charge in [-0.05, 0) is 56.4 Å². The number of aliphatic hydroxyl groups is 1. The molecule has 152 valence electrons. The second-order valence-electron chi connectivity index (χ2n) is 7.99. The van der Waals surface area contributed by atoms with Crippen LogP contribution in [0.4, 0.5) is 0 Å². The van der Waals surface area contributed by atoms with E-state index in [1.54, 1.807) is 0 Å². The van der Waals surface area contributed by atoms with Crippen molar-refractivity contribution < 1.29 is 14.6 Å². The smallest absolute Gasteiger partial charge is 0.122 e. The van der Waals surface area contributed by atoms with Crippen LogP contribution in [0.15, 0.2) is 42.5 Å². The molecule has 4 nitrogen and oxygen atoms in total. The van der Waals surface area contributed by atoms with E-state index in [1.807, 2.05) is 31.2 Å². The lowest BCUT2D eigenvalue weighted by atomic mass is 10.0. The highest BCUT2D eigenvalue weighted by atomic mass is 16.5. The summed E-state index contributed by atoms with van der Waals surface area (Å²) in [5.41, 5.74) is 4.96. The minimum atomic E-state index is -0.549. The van der Waals surface area contributed by atoms with Crippen molar-refractivity contribution in [3.05, 3.63) is 64.7 Å². The monoisotopic (exact) mass is 383 g/mol. The largest absolute Gasteiger partial charge is 0.491 e. The van der Waals surface area contributed by atoms with E-state index in [1.165, 1.54) is 16.7 Å². The van der Waals surface area contributed by atoms with Crippen molar-refractivity contribution >= 4 is 0 Å². The summed E-state index contributed by atoms with van der Waals surface area (Å²) in [5.74, 6) is 0.835. The van der Waals surface area contributed by atoms with Gasteiger partial charge in [-0.15, -0.1) is 0 Å². The molecule has 0 saturated carbocycles. The summed E-state index contributed by atoms with van der Waals surface area (Å²) in [6.45, 7) is 9.66. The Morgan fingerprint density at radius 3 is 2.68 bits per heavy atom. The molecule has 0 amide bonds. The number of aliphatic hydroxyl groups excluding tert-OH is 1. The first-order valence-corrected chi connectivity index (χ1v) is 10.3. The third-order valence-electron chi connectivity index (χ3n) is 5.37. The lowest BCUT2D eigenvalue weighted by molar-refractivity contribution is 0.0312. The molecular weight excluding hydrogens is 350 g/mol. The van der Waals surface area contributed by atoms with Crippen molar-refractivity contribution in [3.63, 3.8) is 0 Å². The Morgan fingerprint density at radius 1 is 1.14 bits per heavy atom. The van der Waals surface area contributed by atoms with Crippen LogP contribution in [-0.2, 0) is 11.3 Å². The van der Waals surface area contributed by atoms with E-state index < -0.39 is 6.10 Å². The zero-order chi connectivity index (χ0) is 19.9. The molecule has 1 aliphatic rings. The lowest BCUT2D eigenvalue weighted by Crippen LogP contribution is -2.39. The van der Waals surface area contributed by atoms with Gasteiger partial charge < -0.3 is 14.6 Å². The van der Waals surface area contributed by atoms with Crippen molar-refractivity contribution in [1.82, 2.24) is 4.90 Å². The average Bonchev–Trinajstić information content (AvgIpc) is 3.16. The zero-order valence-electron chi connectivity index (χ0n) is 17.4. The second-order valence-corrected chi connectivity index (χ2v) is 7.99. The molecule has 0 spiro atoms. The van der Waals surface area contributed by atoms with Crippen LogP contribution in [0.2, 0.25) is 0 Å². The van der Waals surface area contributed by atoms with Gasteiger partial charge in [-0.25, -0.2) is 0 Å². The first-order valence-electron chi connectivity index (χ1n) is 10.3. The van der Waals surface area contributed by atoms with Crippen LogP contribution < -0.4 is 4.74 Å². The van der Waals surface area contributed by atoms with E-state index in [2.05, 4.69) is 36.9 Å². The Kier molecular flexibility index (Phi) is 7.49. The van der Waals surface area contributed by atoms with Gasteiger partial charge in [0.1, 0.15) is 18.5 Å². The Labute approximate surface area is 169 Å². The van der Waals surface area contributed by atoms with Gasteiger partial charge in [-0.3, -0.25) is 4.90 Å². The van der Waals surface area contributed by atoms with Crippen molar-refractivity contribution in [2.24, 2.45) is 0 Å². The van der Waals surface area contributed by atoms with Crippen LogP contribution in [0.5, 0.6) is 5.75 Å². The standard InChI is InChI=1S/C24H33NO3/c1-18-10-11-21(20(3)13-18)14-25(16-23-8-6-12-27-23)15-22(26)17-28-24-9-5-4-7-19(24)2/h4-5,7,9-11,13,22-23,26H,6,8,12,14-17H2,1-3H3/t22-,23-/m0/s1. The van der Waals surface area contributed by atoms with Crippen LogP contribution in [0.25, 0.3) is 0 Å². The van der Waals surface area contributed by atoms with Gasteiger partial charge >= 0.3 is 0 Å². The molecule has 0 unspecified atom stereocenters. The molecule has 1 N–H and O–H groups in total. The second kappa shape index (κ2) is 10.1. The molecule has 3 rings (SSSR count). The fourth-order valence-corrected chi connectivity index (χ4v) is 3.80. The van der Waals surface area contributed by atoms with E-state index >= 15 is 0 Å². The third kappa shape index (κ3) is 6.06. The molecule has 4 heteroatoms. The molecule has 0 radical (unpaired) electrons. The summed E-state index contributed by atoms with van der Waals surface area (Å²) < 4.78 is 11.7. The summed E-state index contributed by atoms with van der Waals surface area (Å²) in [7, 11) is 0. The minimum absolute atomic E-state index is 0.259. The lowest BCUT2D eigenvalue weighted by Gasteiger charge is -2.28. The van der Waals surface area contributed by atoms with Gasteiger partial charge in [-0.1, -0.05) is 42.0 Å². The topological polar surface area (TPSA) is 41.9 Å². The van der Waals surface area contributed by atoms with E-state index in [9.17, 15) is 5.11 Å². The Bertz CT molecular complexity index is 755. The van der Waals surface area contributed by atoms with Crippen molar-refractivity contribution in [2.75, 3.05) is 26.3 Å². The predicted octanol–water partition coefficient (Wildman–Crippen LogP) is 4.03. The summed E-state index contributed by atoms with van der Waals surface area (Å²) in [6.07, 6.45) is 1.93. The van der Waals surface area contributed by atoms with Crippen LogP contribution >= 0.6 is 0 Å². The van der Waals surface area contributed by atoms with Crippen LogP contribution in [0, 0.1) is 20.8 Å². The number of aryl methyl sites for hydroxylation is 3. The van der Waals surface area contributed by atoms with Crippen LogP contribution in [-0.4, -0.2) is 48.5 Å². The molecule has 1 fully saturated rings. The van der Waals surface area contributed by atoms with E-state index in [4.69, 9.17) is 9.47 Å². The van der Waals surface area contributed by atoms with Gasteiger partial charge in [0, 0.05) is 26.2 Å². The molecule has 2 atom stereocenters. The van der Waals surface area contributed by atoms with Gasteiger partial charge in [0.05, 0.1) is 6.10 Å². The number of benzene rings is 2. The summed E-state index contributed by atoms with van der Waals surface area (Å²) in [6, 6.07) is 14.5. The predicted molar refractivity (Wildman–Crippen MR) is 113 cm³/mol. The van der Waals surface area contributed by atoms with Gasteiger partial charge in [0.2, 0.25) is 0 Å². The van der Waals surface area contributed by atoms with E-state index in [-0.39, 0.29) is 6.10 Å². The molecule has 2 aromatic carbocycles. The number of hydrogen-bond donors (Lipinski definition) is 1.